The van der Waals surface area contributed by atoms with E-state index >= 15 is 0 Å². The molecule has 44 heavy (non-hydrogen) atoms. The molecule has 0 aromatic heterocycles. The highest BCUT2D eigenvalue weighted by molar-refractivity contribution is 8.02. The zero-order valence-electron chi connectivity index (χ0n) is 25.1. The molecule has 2 aromatic rings. The Hall–Kier alpha value is -3.07. The SMILES string of the molecule is C=CCCCCOC(=O)[C@@H]1[C@@H]2CC(C)C3(S2)C(C(=O)N(CC=C)c2ccc(Cl)cc2)N([C@@H](CO)Cc2ccccc2)C(=O)[C@H]13. The van der Waals surface area contributed by atoms with Crippen molar-refractivity contribution in [3.8, 4) is 0 Å². The highest BCUT2D eigenvalue weighted by atomic mass is 35.5. The summed E-state index contributed by atoms with van der Waals surface area (Å²) < 4.78 is 4.92. The second-order valence-electron chi connectivity index (χ2n) is 12.0. The van der Waals surface area contributed by atoms with Crippen molar-refractivity contribution in [1.29, 1.82) is 0 Å². The van der Waals surface area contributed by atoms with Gasteiger partial charge in [0, 0.05) is 22.5 Å². The standard InChI is InChI=1S/C35H41ClN2O5S/c1-4-6-7-11-19-43-34(42)29-28-20-23(3)35(44-28)30(29)32(40)38(27(22-39)21-24-12-9-8-10-13-24)31(35)33(41)37(18-5-2)26-16-14-25(36)15-17-26/h4-5,8-10,12-17,23,27-31,39H,1-2,6-7,11,18-22H2,3H3/t23?,27-,28+,29-,30+,31?,35?/m1/s1. The zero-order valence-corrected chi connectivity index (χ0v) is 26.7. The van der Waals surface area contributed by atoms with Crippen LogP contribution in [0.1, 0.15) is 38.2 Å². The highest BCUT2D eigenvalue weighted by Gasteiger charge is 2.77. The summed E-state index contributed by atoms with van der Waals surface area (Å²) >= 11 is 7.77. The number of rotatable bonds is 14. The van der Waals surface area contributed by atoms with E-state index in [0.717, 1.165) is 24.8 Å². The van der Waals surface area contributed by atoms with Crippen LogP contribution in [0.4, 0.5) is 5.69 Å². The molecule has 3 aliphatic rings. The number of unbranched alkanes of at least 4 members (excludes halogenated alkanes) is 2. The molecule has 7 atom stereocenters. The summed E-state index contributed by atoms with van der Waals surface area (Å²) in [4.78, 5) is 46.5. The topological polar surface area (TPSA) is 87.2 Å². The van der Waals surface area contributed by atoms with Gasteiger partial charge in [0.1, 0.15) is 6.04 Å². The number of carbonyl (C=O) groups is 3. The maximum absolute atomic E-state index is 14.9. The molecule has 0 saturated carbocycles. The fourth-order valence-electron chi connectivity index (χ4n) is 7.42. The molecule has 3 saturated heterocycles. The van der Waals surface area contributed by atoms with Gasteiger partial charge in [0.05, 0.1) is 35.8 Å². The van der Waals surface area contributed by atoms with E-state index in [1.54, 1.807) is 51.9 Å². The van der Waals surface area contributed by atoms with E-state index in [9.17, 15) is 19.5 Å². The van der Waals surface area contributed by atoms with Crippen LogP contribution >= 0.6 is 23.4 Å². The van der Waals surface area contributed by atoms with E-state index < -0.39 is 28.7 Å². The molecular formula is C35H41ClN2O5S. The Labute approximate surface area is 269 Å². The molecular weight excluding hydrogens is 596 g/mol. The first-order valence-electron chi connectivity index (χ1n) is 15.4. The summed E-state index contributed by atoms with van der Waals surface area (Å²) in [6, 6.07) is 15.1. The second-order valence-corrected chi connectivity index (χ2v) is 14.0. The van der Waals surface area contributed by atoms with Gasteiger partial charge < -0.3 is 19.6 Å². The van der Waals surface area contributed by atoms with Gasteiger partial charge in [-0.25, -0.2) is 0 Å². The van der Waals surface area contributed by atoms with Crippen molar-refractivity contribution in [2.45, 2.75) is 61.1 Å². The molecule has 1 spiro atoms. The minimum Gasteiger partial charge on any atom is -0.465 e. The Kier molecular flexibility index (Phi) is 10.2. The molecule has 2 amide bonds. The Morgan fingerprint density at radius 1 is 1.16 bits per heavy atom. The fraction of sp³-hybridized carbons (Fsp3) is 0.457. The van der Waals surface area contributed by atoms with Crippen molar-refractivity contribution in [3.63, 3.8) is 0 Å². The van der Waals surface area contributed by atoms with E-state index in [-0.39, 0.29) is 48.7 Å². The normalized spacial score (nSPS) is 27.6. The van der Waals surface area contributed by atoms with Crippen molar-refractivity contribution in [1.82, 2.24) is 4.90 Å². The Balaban J connectivity index is 1.55. The third-order valence-corrected chi connectivity index (χ3v) is 11.7. The number of hydrogen-bond donors (Lipinski definition) is 1. The fourth-order valence-corrected chi connectivity index (χ4v) is 9.93. The minimum atomic E-state index is -0.896. The first kappa shape index (κ1) is 32.3. The van der Waals surface area contributed by atoms with E-state index in [0.29, 0.717) is 23.6 Å². The number of amides is 2. The molecule has 3 unspecified atom stereocenters. The van der Waals surface area contributed by atoms with Crippen LogP contribution in [0.2, 0.25) is 5.02 Å². The van der Waals surface area contributed by atoms with Crippen LogP contribution < -0.4 is 4.90 Å². The van der Waals surface area contributed by atoms with Crippen molar-refractivity contribution in [2.24, 2.45) is 17.8 Å². The lowest BCUT2D eigenvalue weighted by Crippen LogP contribution is -2.59. The predicted molar refractivity (Wildman–Crippen MR) is 176 cm³/mol. The van der Waals surface area contributed by atoms with Gasteiger partial charge in [0.15, 0.2) is 0 Å². The molecule has 234 valence electrons. The number of halogens is 1. The average Bonchev–Trinajstić information content (AvgIpc) is 3.62. The lowest BCUT2D eigenvalue weighted by atomic mass is 9.66. The van der Waals surface area contributed by atoms with Crippen LogP contribution in [-0.4, -0.2) is 69.6 Å². The van der Waals surface area contributed by atoms with Gasteiger partial charge in [-0.2, -0.15) is 0 Å². The number of aliphatic hydroxyl groups excluding tert-OH is 1. The van der Waals surface area contributed by atoms with E-state index in [2.05, 4.69) is 20.1 Å². The van der Waals surface area contributed by atoms with Crippen molar-refractivity contribution in [3.05, 3.63) is 90.5 Å². The molecule has 3 aliphatic heterocycles. The number of allylic oxidation sites excluding steroid dienone is 1. The molecule has 0 aliphatic carbocycles. The minimum absolute atomic E-state index is 0.0195. The molecule has 3 heterocycles. The number of fused-ring (bicyclic) bond motifs is 1. The maximum atomic E-state index is 14.9. The molecule has 9 heteroatoms. The highest BCUT2D eigenvalue weighted by Crippen LogP contribution is 2.69. The second kappa shape index (κ2) is 13.9. The molecule has 0 radical (unpaired) electrons. The average molecular weight is 637 g/mol. The van der Waals surface area contributed by atoms with Crippen LogP contribution in [-0.2, 0) is 25.5 Å². The first-order chi connectivity index (χ1) is 21.3. The van der Waals surface area contributed by atoms with Crippen molar-refractivity contribution < 1.29 is 24.2 Å². The molecule has 5 rings (SSSR count). The smallest absolute Gasteiger partial charge is 0.310 e. The van der Waals surface area contributed by atoms with Gasteiger partial charge in [-0.05, 0) is 67.9 Å². The largest absolute Gasteiger partial charge is 0.465 e. The summed E-state index contributed by atoms with van der Waals surface area (Å²) in [7, 11) is 0. The molecule has 2 aromatic carbocycles. The molecule has 1 N–H and O–H groups in total. The molecule has 2 bridgehead atoms. The van der Waals surface area contributed by atoms with Gasteiger partial charge in [-0.15, -0.1) is 24.9 Å². The summed E-state index contributed by atoms with van der Waals surface area (Å²) in [6.45, 7) is 9.90. The van der Waals surface area contributed by atoms with Gasteiger partial charge in [-0.1, -0.05) is 61.0 Å². The summed E-state index contributed by atoms with van der Waals surface area (Å²) in [5.41, 5.74) is 1.58. The van der Waals surface area contributed by atoms with Crippen LogP contribution in [0.15, 0.2) is 79.9 Å². The lowest BCUT2D eigenvalue weighted by Gasteiger charge is -2.42. The summed E-state index contributed by atoms with van der Waals surface area (Å²) in [5, 5.41) is 11.2. The number of ether oxygens (including phenoxy) is 1. The first-order valence-corrected chi connectivity index (χ1v) is 16.6. The van der Waals surface area contributed by atoms with Crippen molar-refractivity contribution >= 4 is 46.8 Å². The Morgan fingerprint density at radius 2 is 1.89 bits per heavy atom. The summed E-state index contributed by atoms with van der Waals surface area (Å²) in [6.07, 6.45) is 7.01. The Bertz CT molecular complexity index is 1370. The number of hydrogen-bond acceptors (Lipinski definition) is 6. The third-order valence-electron chi connectivity index (χ3n) is 9.37. The van der Waals surface area contributed by atoms with Crippen LogP contribution in [0.25, 0.3) is 0 Å². The van der Waals surface area contributed by atoms with E-state index in [4.69, 9.17) is 16.3 Å². The number of esters is 1. The van der Waals surface area contributed by atoms with Crippen LogP contribution in [0, 0.1) is 17.8 Å². The van der Waals surface area contributed by atoms with E-state index in [1.165, 1.54) is 0 Å². The van der Waals surface area contributed by atoms with Crippen molar-refractivity contribution in [2.75, 3.05) is 24.7 Å². The quantitative estimate of drug-likeness (QED) is 0.163. The van der Waals surface area contributed by atoms with E-state index in [1.807, 2.05) is 36.4 Å². The van der Waals surface area contributed by atoms with Gasteiger partial charge >= 0.3 is 5.97 Å². The van der Waals surface area contributed by atoms with Gasteiger partial charge in [-0.3, -0.25) is 14.4 Å². The van der Waals surface area contributed by atoms with Gasteiger partial charge in [0.25, 0.3) is 5.91 Å². The number of nitrogens with zero attached hydrogens (tertiary/aromatic N) is 2. The number of thioether (sulfide) groups is 1. The molecule has 7 nitrogen and oxygen atoms in total. The third kappa shape index (κ3) is 5.84. The predicted octanol–water partition coefficient (Wildman–Crippen LogP) is 5.70. The number of benzene rings is 2. The number of anilines is 1. The number of carbonyl (C=O) groups excluding carboxylic acids is 3. The van der Waals surface area contributed by atoms with Crippen LogP contribution in [0.3, 0.4) is 0 Å². The lowest BCUT2D eigenvalue weighted by molar-refractivity contribution is -0.155. The monoisotopic (exact) mass is 636 g/mol. The summed E-state index contributed by atoms with van der Waals surface area (Å²) in [5.74, 6) is -2.28. The molecule has 3 fully saturated rings. The Morgan fingerprint density at radius 3 is 2.55 bits per heavy atom. The van der Waals surface area contributed by atoms with Gasteiger partial charge in [0.2, 0.25) is 5.91 Å². The number of likely N-dealkylation sites (tertiary alicyclic amines) is 1. The maximum Gasteiger partial charge on any atom is 0.310 e. The number of aliphatic hydroxyl groups is 1. The zero-order chi connectivity index (χ0) is 31.4. The van der Waals surface area contributed by atoms with Crippen LogP contribution in [0.5, 0.6) is 0 Å².